The molecule has 164 valence electrons. The number of sulfone groups is 1. The minimum atomic E-state index is -4.04. The topological polar surface area (TPSA) is 65.4 Å². The highest BCUT2D eigenvalue weighted by Crippen LogP contribution is 2.26. The molecular weight excluding hydrogens is 446 g/mol. The predicted octanol–water partition coefficient (Wildman–Crippen LogP) is 5.11. The summed E-state index contributed by atoms with van der Waals surface area (Å²) in [5.74, 6) is 0.473. The minimum Gasteiger partial charge on any atom is -0.497 e. The Morgan fingerprint density at radius 3 is 2.38 bits per heavy atom. The SMILES string of the molecule is CCc1ccc(S(=O)(=O)c2cn(Cc3ccccc3Cl)c3ccc(OC)cc3c2=O)cc1. The van der Waals surface area contributed by atoms with Crippen molar-refractivity contribution in [1.29, 1.82) is 0 Å². The van der Waals surface area contributed by atoms with E-state index in [-0.39, 0.29) is 15.2 Å². The van der Waals surface area contributed by atoms with Gasteiger partial charge in [-0.3, -0.25) is 4.79 Å². The zero-order valence-electron chi connectivity index (χ0n) is 17.7. The first kappa shape index (κ1) is 22.1. The summed E-state index contributed by atoms with van der Waals surface area (Å²) in [6.45, 7) is 2.30. The van der Waals surface area contributed by atoms with E-state index in [1.54, 1.807) is 53.1 Å². The molecule has 0 aliphatic heterocycles. The van der Waals surface area contributed by atoms with E-state index >= 15 is 0 Å². The zero-order valence-corrected chi connectivity index (χ0v) is 19.3. The van der Waals surface area contributed by atoms with Crippen LogP contribution in [0.3, 0.4) is 0 Å². The van der Waals surface area contributed by atoms with Crippen LogP contribution in [-0.2, 0) is 22.8 Å². The lowest BCUT2D eigenvalue weighted by Crippen LogP contribution is -2.20. The van der Waals surface area contributed by atoms with E-state index in [1.165, 1.54) is 13.3 Å². The van der Waals surface area contributed by atoms with E-state index in [4.69, 9.17) is 16.3 Å². The van der Waals surface area contributed by atoms with E-state index in [0.29, 0.717) is 22.8 Å². The first-order valence-electron chi connectivity index (χ1n) is 10.1. The van der Waals surface area contributed by atoms with Gasteiger partial charge in [0.25, 0.3) is 0 Å². The maximum absolute atomic E-state index is 13.5. The highest BCUT2D eigenvalue weighted by atomic mass is 35.5. The van der Waals surface area contributed by atoms with Crippen LogP contribution < -0.4 is 10.2 Å². The van der Waals surface area contributed by atoms with E-state index < -0.39 is 15.3 Å². The quantitative estimate of drug-likeness (QED) is 0.395. The van der Waals surface area contributed by atoms with Gasteiger partial charge in [-0.25, -0.2) is 8.42 Å². The van der Waals surface area contributed by atoms with Crippen LogP contribution in [0.25, 0.3) is 10.9 Å². The molecule has 1 aromatic heterocycles. The zero-order chi connectivity index (χ0) is 22.9. The summed E-state index contributed by atoms with van der Waals surface area (Å²) in [7, 11) is -2.54. The third-order valence-corrected chi connectivity index (χ3v) is 7.62. The Balaban J connectivity index is 1.97. The maximum atomic E-state index is 13.5. The minimum absolute atomic E-state index is 0.0818. The van der Waals surface area contributed by atoms with Gasteiger partial charge in [0, 0.05) is 17.8 Å². The Bertz CT molecular complexity index is 1460. The number of ether oxygens (including phenoxy) is 1. The van der Waals surface area contributed by atoms with E-state index in [2.05, 4.69) is 0 Å². The van der Waals surface area contributed by atoms with E-state index in [0.717, 1.165) is 17.5 Å². The molecule has 0 saturated carbocycles. The monoisotopic (exact) mass is 467 g/mol. The van der Waals surface area contributed by atoms with Gasteiger partial charge in [-0.05, 0) is 53.9 Å². The summed E-state index contributed by atoms with van der Waals surface area (Å²) in [6, 6.07) is 19.0. The fourth-order valence-corrected chi connectivity index (χ4v) is 5.20. The van der Waals surface area contributed by atoms with Crippen molar-refractivity contribution in [2.24, 2.45) is 0 Å². The summed E-state index contributed by atoms with van der Waals surface area (Å²) in [4.78, 5) is 13.1. The lowest BCUT2D eigenvalue weighted by Gasteiger charge is -2.15. The van der Waals surface area contributed by atoms with Gasteiger partial charge in [-0.2, -0.15) is 0 Å². The third-order valence-electron chi connectivity index (χ3n) is 5.48. The molecular formula is C25H22ClNO4S. The molecule has 0 saturated heterocycles. The number of fused-ring (bicyclic) bond motifs is 1. The van der Waals surface area contributed by atoms with Crippen LogP contribution in [0.15, 0.2) is 87.5 Å². The van der Waals surface area contributed by atoms with Gasteiger partial charge in [-0.15, -0.1) is 0 Å². The number of methoxy groups -OCH3 is 1. The third kappa shape index (κ3) is 4.04. The van der Waals surface area contributed by atoms with Crippen LogP contribution in [0.5, 0.6) is 5.75 Å². The highest BCUT2D eigenvalue weighted by Gasteiger charge is 2.24. The van der Waals surface area contributed by atoms with Gasteiger partial charge in [0.15, 0.2) is 0 Å². The van der Waals surface area contributed by atoms with Crippen molar-refractivity contribution in [3.05, 3.63) is 99.3 Å². The molecule has 5 nitrogen and oxygen atoms in total. The molecule has 0 unspecified atom stereocenters. The van der Waals surface area contributed by atoms with Gasteiger partial charge >= 0.3 is 0 Å². The molecule has 4 rings (SSSR count). The van der Waals surface area contributed by atoms with Crippen molar-refractivity contribution in [1.82, 2.24) is 4.57 Å². The van der Waals surface area contributed by atoms with Gasteiger partial charge in [-0.1, -0.05) is 48.9 Å². The molecule has 0 radical (unpaired) electrons. The van der Waals surface area contributed by atoms with E-state index in [9.17, 15) is 13.2 Å². The Morgan fingerprint density at radius 1 is 1.00 bits per heavy atom. The number of rotatable bonds is 6. The average Bonchev–Trinajstić information content (AvgIpc) is 2.81. The number of benzene rings is 3. The Kier molecular flexibility index (Phi) is 6.09. The van der Waals surface area contributed by atoms with Crippen LogP contribution in [0.4, 0.5) is 0 Å². The molecule has 0 aliphatic rings. The Hall–Kier alpha value is -3.09. The number of aryl methyl sites for hydroxylation is 1. The smallest absolute Gasteiger partial charge is 0.211 e. The van der Waals surface area contributed by atoms with Gasteiger partial charge < -0.3 is 9.30 Å². The second kappa shape index (κ2) is 8.81. The van der Waals surface area contributed by atoms with Crippen molar-refractivity contribution < 1.29 is 13.2 Å². The molecule has 4 aromatic rings. The first-order chi connectivity index (χ1) is 15.3. The van der Waals surface area contributed by atoms with Crippen molar-refractivity contribution >= 4 is 32.3 Å². The summed E-state index contributed by atoms with van der Waals surface area (Å²) >= 11 is 6.35. The highest BCUT2D eigenvalue weighted by molar-refractivity contribution is 7.91. The standard InChI is InChI=1S/C25H22ClNO4S/c1-3-17-8-11-20(12-9-17)32(29,30)24-16-27(15-18-6-4-5-7-22(18)26)23-13-10-19(31-2)14-21(23)25(24)28/h4-14,16H,3,15H2,1-2H3. The predicted molar refractivity (Wildman–Crippen MR) is 127 cm³/mol. The Labute approximate surface area is 191 Å². The molecule has 32 heavy (non-hydrogen) atoms. The number of aromatic nitrogens is 1. The number of pyridine rings is 1. The number of hydrogen-bond donors (Lipinski definition) is 0. The normalized spacial score (nSPS) is 11.6. The fraction of sp³-hybridized carbons (Fsp3) is 0.160. The van der Waals surface area contributed by atoms with Gasteiger partial charge in [0.05, 0.1) is 22.9 Å². The van der Waals surface area contributed by atoms with Gasteiger partial charge in [0.1, 0.15) is 10.6 Å². The van der Waals surface area contributed by atoms with Crippen molar-refractivity contribution in [3.8, 4) is 5.75 Å². The number of nitrogens with zero attached hydrogens (tertiary/aromatic N) is 1. The first-order valence-corrected chi connectivity index (χ1v) is 12.0. The van der Waals surface area contributed by atoms with Crippen molar-refractivity contribution in [2.75, 3.05) is 7.11 Å². The van der Waals surface area contributed by atoms with Crippen molar-refractivity contribution in [2.45, 2.75) is 29.7 Å². The lowest BCUT2D eigenvalue weighted by molar-refractivity contribution is 0.415. The summed E-state index contributed by atoms with van der Waals surface area (Å²) < 4.78 is 33.9. The molecule has 0 amide bonds. The average molecular weight is 468 g/mol. The van der Waals surface area contributed by atoms with Crippen LogP contribution in [0, 0.1) is 0 Å². The van der Waals surface area contributed by atoms with Crippen LogP contribution in [0.2, 0.25) is 5.02 Å². The summed E-state index contributed by atoms with van der Waals surface area (Å²) in [5, 5.41) is 0.829. The van der Waals surface area contributed by atoms with E-state index in [1.807, 2.05) is 25.1 Å². The molecule has 7 heteroatoms. The molecule has 0 atom stereocenters. The molecule has 1 heterocycles. The number of hydrogen-bond acceptors (Lipinski definition) is 4. The molecule has 0 fully saturated rings. The second-order valence-corrected chi connectivity index (χ2v) is 9.75. The van der Waals surface area contributed by atoms with Crippen LogP contribution in [-0.4, -0.2) is 20.1 Å². The Morgan fingerprint density at radius 2 is 1.72 bits per heavy atom. The molecule has 0 aliphatic carbocycles. The molecule has 3 aromatic carbocycles. The fourth-order valence-electron chi connectivity index (χ4n) is 3.64. The second-order valence-electron chi connectivity index (χ2n) is 7.43. The number of halogens is 1. The largest absolute Gasteiger partial charge is 0.497 e. The van der Waals surface area contributed by atoms with Gasteiger partial charge in [0.2, 0.25) is 15.3 Å². The molecule has 0 N–H and O–H groups in total. The summed E-state index contributed by atoms with van der Waals surface area (Å²) in [5.41, 5.74) is 1.86. The van der Waals surface area contributed by atoms with Crippen LogP contribution in [0.1, 0.15) is 18.1 Å². The molecule has 0 bridgehead atoms. The van der Waals surface area contributed by atoms with Crippen molar-refractivity contribution in [3.63, 3.8) is 0 Å². The molecule has 0 spiro atoms. The maximum Gasteiger partial charge on any atom is 0.211 e. The summed E-state index contributed by atoms with van der Waals surface area (Å²) in [6.07, 6.45) is 2.20. The van der Waals surface area contributed by atoms with Crippen LogP contribution >= 0.6 is 11.6 Å². The lowest BCUT2D eigenvalue weighted by atomic mass is 10.1.